The summed E-state index contributed by atoms with van der Waals surface area (Å²) < 4.78 is 1.94. The van der Waals surface area contributed by atoms with Crippen LogP contribution >= 0.6 is 23.4 Å². The quantitative estimate of drug-likeness (QED) is 0.417. The molecule has 6 heteroatoms. The van der Waals surface area contributed by atoms with Crippen molar-refractivity contribution in [2.75, 3.05) is 0 Å². The molecule has 22 heavy (non-hydrogen) atoms. The topological polar surface area (TPSA) is 43.1 Å². The minimum absolute atomic E-state index is 0.700. The number of rotatable bonds is 3. The van der Waals surface area contributed by atoms with Crippen LogP contribution in [0.15, 0.2) is 60.1 Å². The predicted molar refractivity (Wildman–Crippen MR) is 89.3 cm³/mol. The van der Waals surface area contributed by atoms with E-state index in [1.165, 1.54) is 0 Å². The van der Waals surface area contributed by atoms with Gasteiger partial charge in [0.05, 0.1) is 16.2 Å². The lowest BCUT2D eigenvalue weighted by molar-refractivity contribution is 1.10. The van der Waals surface area contributed by atoms with Gasteiger partial charge < -0.3 is 4.40 Å². The number of fused-ring (bicyclic) bond motifs is 2. The molecule has 4 nitrogen and oxygen atoms in total. The van der Waals surface area contributed by atoms with Crippen LogP contribution in [-0.2, 0) is 5.75 Å². The zero-order valence-corrected chi connectivity index (χ0v) is 13.1. The van der Waals surface area contributed by atoms with Gasteiger partial charge in [0.25, 0.3) is 0 Å². The van der Waals surface area contributed by atoms with Gasteiger partial charge in [0.1, 0.15) is 17.0 Å². The Morgan fingerprint density at radius 1 is 1.05 bits per heavy atom. The molecule has 3 heterocycles. The van der Waals surface area contributed by atoms with E-state index in [9.17, 15) is 0 Å². The van der Waals surface area contributed by atoms with Gasteiger partial charge in [0.2, 0.25) is 0 Å². The van der Waals surface area contributed by atoms with E-state index in [1.54, 1.807) is 18.1 Å². The Kier molecular flexibility index (Phi) is 3.44. The minimum atomic E-state index is 0.700. The van der Waals surface area contributed by atoms with E-state index in [-0.39, 0.29) is 0 Å². The highest BCUT2D eigenvalue weighted by Crippen LogP contribution is 2.27. The summed E-state index contributed by atoms with van der Waals surface area (Å²) in [5, 5.41) is 2.74. The van der Waals surface area contributed by atoms with E-state index in [2.05, 4.69) is 15.0 Å². The molecule has 0 N–H and O–H groups in total. The van der Waals surface area contributed by atoms with Gasteiger partial charge in [-0.15, -0.1) is 0 Å². The molecule has 0 fully saturated rings. The van der Waals surface area contributed by atoms with Crippen molar-refractivity contribution < 1.29 is 0 Å². The lowest BCUT2D eigenvalue weighted by Crippen LogP contribution is -1.87. The van der Waals surface area contributed by atoms with Crippen molar-refractivity contribution in [1.82, 2.24) is 19.4 Å². The summed E-state index contributed by atoms with van der Waals surface area (Å²) in [7, 11) is 0. The zero-order valence-electron chi connectivity index (χ0n) is 11.5. The summed E-state index contributed by atoms with van der Waals surface area (Å²) in [5.41, 5.74) is 2.85. The fourth-order valence-corrected chi connectivity index (χ4v) is 3.37. The number of imidazole rings is 1. The monoisotopic (exact) mass is 326 g/mol. The van der Waals surface area contributed by atoms with Crippen LogP contribution < -0.4 is 0 Å². The first-order valence-electron chi connectivity index (χ1n) is 6.75. The van der Waals surface area contributed by atoms with Gasteiger partial charge in [-0.25, -0.2) is 15.0 Å². The molecule has 0 saturated heterocycles. The third-order valence-corrected chi connectivity index (χ3v) is 4.59. The third kappa shape index (κ3) is 2.53. The second-order valence-electron chi connectivity index (χ2n) is 4.83. The Hall–Kier alpha value is -2.11. The van der Waals surface area contributed by atoms with Crippen molar-refractivity contribution in [3.05, 3.63) is 65.8 Å². The molecular weight excluding hydrogens is 316 g/mol. The maximum Gasteiger partial charge on any atom is 0.137 e. The van der Waals surface area contributed by atoms with Crippen LogP contribution in [0.3, 0.4) is 0 Å². The maximum atomic E-state index is 6.00. The molecule has 4 rings (SSSR count). The number of hydrogen-bond acceptors (Lipinski definition) is 4. The smallest absolute Gasteiger partial charge is 0.137 e. The molecule has 0 atom stereocenters. The van der Waals surface area contributed by atoms with Crippen molar-refractivity contribution in [2.45, 2.75) is 10.8 Å². The van der Waals surface area contributed by atoms with Crippen molar-refractivity contribution >= 4 is 39.9 Å². The Labute approximate surface area is 136 Å². The highest BCUT2D eigenvalue weighted by Gasteiger charge is 2.07. The molecule has 0 unspecified atom stereocenters. The first-order chi connectivity index (χ1) is 10.8. The summed E-state index contributed by atoms with van der Waals surface area (Å²) in [6.07, 6.45) is 5.46. The molecule has 0 amide bonds. The van der Waals surface area contributed by atoms with E-state index in [0.29, 0.717) is 5.02 Å². The second-order valence-corrected chi connectivity index (χ2v) is 6.23. The fraction of sp³-hybridized carbons (Fsp3) is 0.0625. The van der Waals surface area contributed by atoms with Crippen molar-refractivity contribution in [3.8, 4) is 0 Å². The van der Waals surface area contributed by atoms with Crippen LogP contribution in [0.5, 0.6) is 0 Å². The Morgan fingerprint density at radius 2 is 1.95 bits per heavy atom. The molecule has 3 aromatic heterocycles. The fourth-order valence-electron chi connectivity index (χ4n) is 2.32. The number of thioether (sulfide) groups is 1. The number of pyridine rings is 1. The lowest BCUT2D eigenvalue weighted by atomic mass is 10.2. The Bertz CT molecular complexity index is 961. The van der Waals surface area contributed by atoms with Crippen LogP contribution in [0.1, 0.15) is 5.69 Å². The summed E-state index contributed by atoms with van der Waals surface area (Å²) in [4.78, 5) is 13.3. The van der Waals surface area contributed by atoms with Crippen molar-refractivity contribution in [1.29, 1.82) is 0 Å². The van der Waals surface area contributed by atoms with Gasteiger partial charge in [-0.2, -0.15) is 0 Å². The lowest BCUT2D eigenvalue weighted by Gasteiger charge is -2.02. The van der Waals surface area contributed by atoms with E-state index >= 15 is 0 Å². The van der Waals surface area contributed by atoms with Crippen molar-refractivity contribution in [3.63, 3.8) is 0 Å². The highest BCUT2D eigenvalue weighted by atomic mass is 35.5. The van der Waals surface area contributed by atoms with Crippen molar-refractivity contribution in [2.24, 2.45) is 0 Å². The largest absolute Gasteiger partial charge is 0.305 e. The van der Waals surface area contributed by atoms with Crippen LogP contribution in [-0.4, -0.2) is 19.4 Å². The van der Waals surface area contributed by atoms with Gasteiger partial charge in [0, 0.05) is 23.5 Å². The van der Waals surface area contributed by atoms with Crippen LogP contribution in [0, 0.1) is 0 Å². The molecule has 0 aliphatic carbocycles. The van der Waals surface area contributed by atoms with E-state index < -0.39 is 0 Å². The summed E-state index contributed by atoms with van der Waals surface area (Å²) >= 11 is 7.66. The standard InChI is InChI=1S/C16H11ClN4S/c17-11-5-6-15-20-12(8-21(15)7-11)9-22-16-13-3-1-2-4-14(13)18-10-19-16/h1-8,10H,9H2. The van der Waals surface area contributed by atoms with Gasteiger partial charge in [-0.1, -0.05) is 41.6 Å². The molecule has 0 bridgehead atoms. The third-order valence-electron chi connectivity index (χ3n) is 3.33. The van der Waals surface area contributed by atoms with Gasteiger partial charge in [-0.3, -0.25) is 0 Å². The average Bonchev–Trinajstić information content (AvgIpc) is 2.95. The molecule has 0 spiro atoms. The van der Waals surface area contributed by atoms with E-state index in [4.69, 9.17) is 11.6 Å². The predicted octanol–water partition coefficient (Wildman–Crippen LogP) is 4.22. The molecule has 1 aromatic carbocycles. The molecule has 0 aliphatic rings. The van der Waals surface area contributed by atoms with Crippen LogP contribution in [0.2, 0.25) is 5.02 Å². The summed E-state index contributed by atoms with van der Waals surface area (Å²) in [6.45, 7) is 0. The zero-order chi connectivity index (χ0) is 14.9. The summed E-state index contributed by atoms with van der Waals surface area (Å²) in [5.74, 6) is 0.750. The average molecular weight is 327 g/mol. The number of para-hydroxylation sites is 1. The van der Waals surface area contributed by atoms with Gasteiger partial charge in [-0.05, 0) is 18.2 Å². The normalized spacial score (nSPS) is 11.3. The first kappa shape index (κ1) is 13.5. The van der Waals surface area contributed by atoms with E-state index in [1.807, 2.05) is 53.2 Å². The second kappa shape index (κ2) is 5.59. The molecule has 0 saturated carbocycles. The van der Waals surface area contributed by atoms with Crippen LogP contribution in [0.25, 0.3) is 16.6 Å². The molecule has 108 valence electrons. The number of hydrogen-bond donors (Lipinski definition) is 0. The van der Waals surface area contributed by atoms with Gasteiger partial charge >= 0.3 is 0 Å². The molecule has 0 aliphatic heterocycles. The number of halogens is 1. The first-order valence-corrected chi connectivity index (χ1v) is 8.12. The highest BCUT2D eigenvalue weighted by molar-refractivity contribution is 7.98. The van der Waals surface area contributed by atoms with Crippen LogP contribution in [0.4, 0.5) is 0 Å². The Balaban J connectivity index is 1.62. The molecule has 4 aromatic rings. The molecular formula is C16H11ClN4S. The SMILES string of the molecule is Clc1ccc2nc(CSc3ncnc4ccccc34)cn2c1. The number of nitrogens with zero attached hydrogens (tertiary/aromatic N) is 4. The van der Waals surface area contributed by atoms with E-state index in [0.717, 1.165) is 33.0 Å². The minimum Gasteiger partial charge on any atom is -0.305 e. The molecule has 0 radical (unpaired) electrons. The maximum absolute atomic E-state index is 6.00. The van der Waals surface area contributed by atoms with Gasteiger partial charge in [0.15, 0.2) is 0 Å². The number of benzene rings is 1. The number of aromatic nitrogens is 4. The Morgan fingerprint density at radius 3 is 2.91 bits per heavy atom. The summed E-state index contributed by atoms with van der Waals surface area (Å²) in [6, 6.07) is 11.8.